The van der Waals surface area contributed by atoms with Crippen LogP contribution in [0.4, 0.5) is 18.9 Å². The molecule has 24 heavy (non-hydrogen) atoms. The molecule has 0 aliphatic heterocycles. The highest BCUT2D eigenvalue weighted by atomic mass is 19.4. The first-order valence-electron chi connectivity index (χ1n) is 6.48. The Morgan fingerprint density at radius 3 is 2.50 bits per heavy atom. The van der Waals surface area contributed by atoms with Crippen LogP contribution in [0.25, 0.3) is 22.3 Å². The van der Waals surface area contributed by atoms with Crippen molar-refractivity contribution in [2.45, 2.75) is 6.18 Å². The zero-order valence-corrected chi connectivity index (χ0v) is 11.7. The number of aromatic amines is 1. The fourth-order valence-electron chi connectivity index (χ4n) is 2.08. The predicted molar refractivity (Wildman–Crippen MR) is 77.3 cm³/mol. The van der Waals surface area contributed by atoms with Gasteiger partial charge in [0.25, 0.3) is 11.2 Å². The quantitative estimate of drug-likeness (QED) is 0.573. The maximum Gasteiger partial charge on any atom is 0.433 e. The molecule has 0 aliphatic carbocycles. The van der Waals surface area contributed by atoms with E-state index in [0.717, 1.165) is 24.4 Å². The highest BCUT2D eigenvalue weighted by Crippen LogP contribution is 2.28. The van der Waals surface area contributed by atoms with Crippen LogP contribution in [-0.4, -0.2) is 19.9 Å². The Morgan fingerprint density at radius 2 is 1.92 bits per heavy atom. The molecule has 3 rings (SSSR count). The van der Waals surface area contributed by atoms with E-state index in [-0.39, 0.29) is 28.0 Å². The Morgan fingerprint density at radius 1 is 1.17 bits per heavy atom. The van der Waals surface area contributed by atoms with Gasteiger partial charge in [0.15, 0.2) is 0 Å². The normalized spacial score (nSPS) is 11.6. The van der Waals surface area contributed by atoms with E-state index in [1.54, 1.807) is 0 Å². The van der Waals surface area contributed by atoms with Crippen molar-refractivity contribution < 1.29 is 18.1 Å². The molecule has 0 atom stereocenters. The Balaban J connectivity index is 2.09. The number of nitro benzene ring substituents is 1. The van der Waals surface area contributed by atoms with Gasteiger partial charge in [-0.05, 0) is 18.2 Å². The van der Waals surface area contributed by atoms with Gasteiger partial charge in [-0.15, -0.1) is 0 Å². The lowest BCUT2D eigenvalue weighted by Crippen LogP contribution is -2.11. The summed E-state index contributed by atoms with van der Waals surface area (Å²) in [5.41, 5.74) is -1.61. The van der Waals surface area contributed by atoms with Crippen LogP contribution in [0.2, 0.25) is 0 Å². The summed E-state index contributed by atoms with van der Waals surface area (Å²) in [4.78, 5) is 31.9. The molecule has 0 radical (unpaired) electrons. The number of fused-ring (bicyclic) bond motifs is 1. The molecule has 0 saturated heterocycles. The third-order valence-electron chi connectivity index (χ3n) is 3.23. The topological polar surface area (TPSA) is 102 Å². The Hall–Kier alpha value is -3.30. The first kappa shape index (κ1) is 15.6. The van der Waals surface area contributed by atoms with E-state index in [4.69, 9.17) is 0 Å². The largest absolute Gasteiger partial charge is 0.433 e. The van der Waals surface area contributed by atoms with Gasteiger partial charge >= 0.3 is 6.18 Å². The maximum absolute atomic E-state index is 12.5. The van der Waals surface area contributed by atoms with Gasteiger partial charge in [0.1, 0.15) is 11.5 Å². The molecule has 0 amide bonds. The number of H-pyrrole nitrogens is 1. The highest BCUT2D eigenvalue weighted by Gasteiger charge is 2.32. The third-order valence-corrected chi connectivity index (χ3v) is 3.23. The summed E-state index contributed by atoms with van der Waals surface area (Å²) in [6.07, 6.45) is -3.62. The molecule has 2 aromatic heterocycles. The van der Waals surface area contributed by atoms with E-state index in [1.165, 1.54) is 12.1 Å². The molecular weight excluding hydrogens is 329 g/mol. The number of rotatable bonds is 2. The molecule has 0 saturated carbocycles. The summed E-state index contributed by atoms with van der Waals surface area (Å²) in [6.45, 7) is 0. The molecule has 0 unspecified atom stereocenters. The number of aromatic nitrogens is 3. The van der Waals surface area contributed by atoms with E-state index in [2.05, 4.69) is 15.0 Å². The highest BCUT2D eigenvalue weighted by molar-refractivity contribution is 5.81. The van der Waals surface area contributed by atoms with E-state index < -0.39 is 22.4 Å². The molecule has 10 heteroatoms. The SMILES string of the molecule is O=c1[nH]c(-c2ccc(C(F)(F)F)nc2)nc2ccc([N+](=O)[O-])cc12. The van der Waals surface area contributed by atoms with Crippen molar-refractivity contribution in [3.8, 4) is 11.4 Å². The van der Waals surface area contributed by atoms with Crippen LogP contribution in [0.15, 0.2) is 41.3 Å². The molecule has 2 heterocycles. The number of nitrogens with one attached hydrogen (secondary N) is 1. The molecule has 0 bridgehead atoms. The summed E-state index contributed by atoms with van der Waals surface area (Å²) >= 11 is 0. The zero-order valence-electron chi connectivity index (χ0n) is 11.7. The molecule has 0 spiro atoms. The van der Waals surface area contributed by atoms with Crippen molar-refractivity contribution in [2.24, 2.45) is 0 Å². The van der Waals surface area contributed by atoms with E-state index in [9.17, 15) is 28.1 Å². The van der Waals surface area contributed by atoms with Crippen molar-refractivity contribution in [2.75, 3.05) is 0 Å². The second-order valence-corrected chi connectivity index (χ2v) is 4.80. The summed E-state index contributed by atoms with van der Waals surface area (Å²) in [5.74, 6) is 0.0163. The van der Waals surface area contributed by atoms with Gasteiger partial charge in [-0.2, -0.15) is 13.2 Å². The molecule has 122 valence electrons. The molecule has 0 fully saturated rings. The molecule has 1 N–H and O–H groups in total. The standard InChI is InChI=1S/C14H7F3N4O3/c15-14(16,17)11-4-1-7(6-18-11)12-19-10-3-2-8(21(23)24)5-9(10)13(22)20-12/h1-6H,(H,19,20,22). The number of hydrogen-bond donors (Lipinski definition) is 1. The van der Waals surface area contributed by atoms with Crippen LogP contribution in [0.3, 0.4) is 0 Å². The van der Waals surface area contributed by atoms with Crippen molar-refractivity contribution >= 4 is 16.6 Å². The minimum atomic E-state index is -4.57. The smallest absolute Gasteiger partial charge is 0.306 e. The average Bonchev–Trinajstić information content (AvgIpc) is 2.53. The Labute approximate surface area is 131 Å². The average molecular weight is 336 g/mol. The maximum atomic E-state index is 12.5. The molecule has 1 aromatic carbocycles. The van der Waals surface area contributed by atoms with Gasteiger partial charge in [-0.25, -0.2) is 4.98 Å². The number of pyridine rings is 1. The fraction of sp³-hybridized carbons (Fsp3) is 0.0714. The van der Waals surface area contributed by atoms with Crippen LogP contribution >= 0.6 is 0 Å². The van der Waals surface area contributed by atoms with Crippen LogP contribution in [0.5, 0.6) is 0 Å². The van der Waals surface area contributed by atoms with Crippen molar-refractivity contribution in [1.29, 1.82) is 0 Å². The minimum Gasteiger partial charge on any atom is -0.306 e. The van der Waals surface area contributed by atoms with Gasteiger partial charge in [0.2, 0.25) is 0 Å². The van der Waals surface area contributed by atoms with Gasteiger partial charge in [-0.1, -0.05) is 0 Å². The van der Waals surface area contributed by atoms with E-state index >= 15 is 0 Å². The lowest BCUT2D eigenvalue weighted by atomic mass is 10.2. The molecular formula is C14H7F3N4O3. The summed E-state index contributed by atoms with van der Waals surface area (Å²) < 4.78 is 37.5. The molecule has 7 nitrogen and oxygen atoms in total. The Bertz CT molecular complexity index is 997. The second kappa shape index (κ2) is 5.41. The van der Waals surface area contributed by atoms with Gasteiger partial charge in [0, 0.05) is 23.9 Å². The number of nitro groups is 1. The number of non-ortho nitro benzene ring substituents is 1. The van der Waals surface area contributed by atoms with Crippen molar-refractivity contribution in [3.05, 3.63) is 62.7 Å². The van der Waals surface area contributed by atoms with Crippen molar-refractivity contribution in [1.82, 2.24) is 15.0 Å². The van der Waals surface area contributed by atoms with E-state index in [0.29, 0.717) is 0 Å². The van der Waals surface area contributed by atoms with Crippen LogP contribution in [-0.2, 0) is 6.18 Å². The summed E-state index contributed by atoms with van der Waals surface area (Å²) in [5, 5.41) is 10.7. The van der Waals surface area contributed by atoms with Crippen LogP contribution in [0, 0.1) is 10.1 Å². The Kier molecular flexibility index (Phi) is 3.51. The van der Waals surface area contributed by atoms with Crippen LogP contribution in [0.1, 0.15) is 5.69 Å². The monoisotopic (exact) mass is 336 g/mol. The summed E-state index contributed by atoms with van der Waals surface area (Å²) in [6, 6.07) is 5.46. The number of hydrogen-bond acceptors (Lipinski definition) is 5. The number of halogens is 3. The second-order valence-electron chi connectivity index (χ2n) is 4.80. The number of benzene rings is 1. The van der Waals surface area contributed by atoms with E-state index in [1.807, 2.05) is 0 Å². The predicted octanol–water partition coefficient (Wildman–Crippen LogP) is 2.91. The lowest BCUT2D eigenvalue weighted by Gasteiger charge is -2.07. The zero-order chi connectivity index (χ0) is 17.5. The first-order valence-corrected chi connectivity index (χ1v) is 6.48. The lowest BCUT2D eigenvalue weighted by molar-refractivity contribution is -0.384. The van der Waals surface area contributed by atoms with Gasteiger partial charge in [-0.3, -0.25) is 19.9 Å². The summed E-state index contributed by atoms with van der Waals surface area (Å²) in [7, 11) is 0. The third kappa shape index (κ3) is 2.81. The van der Waals surface area contributed by atoms with Crippen molar-refractivity contribution in [3.63, 3.8) is 0 Å². The molecule has 3 aromatic rings. The number of nitrogens with zero attached hydrogens (tertiary/aromatic N) is 3. The fourth-order valence-corrected chi connectivity index (χ4v) is 2.08. The molecule has 0 aliphatic rings. The number of alkyl halides is 3. The minimum absolute atomic E-state index is 0.00724. The van der Waals surface area contributed by atoms with Gasteiger partial charge < -0.3 is 4.98 Å². The van der Waals surface area contributed by atoms with Crippen LogP contribution < -0.4 is 5.56 Å². The van der Waals surface area contributed by atoms with Gasteiger partial charge in [0.05, 0.1) is 15.8 Å². The first-order chi connectivity index (χ1) is 11.3.